The summed E-state index contributed by atoms with van der Waals surface area (Å²) in [7, 11) is 0. The van der Waals surface area contributed by atoms with Crippen molar-refractivity contribution in [3.8, 4) is 0 Å². The third-order valence-electron chi connectivity index (χ3n) is 2.36. The Kier molecular flexibility index (Phi) is 5.96. The Morgan fingerprint density at radius 2 is 2.38 bits per heavy atom. The molecule has 0 amide bonds. The average Bonchev–Trinajstić information content (AvgIpc) is 2.19. The van der Waals surface area contributed by atoms with Crippen LogP contribution < -0.4 is 5.32 Å². The first-order valence-corrected chi connectivity index (χ1v) is 5.51. The Morgan fingerprint density at radius 1 is 1.46 bits per heavy atom. The molecule has 0 atom stereocenters. The summed E-state index contributed by atoms with van der Waals surface area (Å²) in [6.45, 7) is 1.96. The van der Waals surface area contributed by atoms with E-state index in [0.717, 1.165) is 13.1 Å². The van der Waals surface area contributed by atoms with Gasteiger partial charge < -0.3 is 5.32 Å². The van der Waals surface area contributed by atoms with Crippen molar-refractivity contribution in [2.75, 3.05) is 13.1 Å². The molecule has 0 aromatic rings. The lowest BCUT2D eigenvalue weighted by Gasteiger charge is -2.12. The molecule has 0 radical (unpaired) electrons. The van der Waals surface area contributed by atoms with Crippen LogP contribution in [0.1, 0.15) is 32.1 Å². The zero-order valence-corrected chi connectivity index (χ0v) is 8.82. The van der Waals surface area contributed by atoms with Crippen LogP contribution in [0.2, 0.25) is 0 Å². The lowest BCUT2D eigenvalue weighted by Crippen LogP contribution is -2.15. The van der Waals surface area contributed by atoms with Gasteiger partial charge in [-0.1, -0.05) is 29.3 Å². The van der Waals surface area contributed by atoms with Crippen molar-refractivity contribution >= 4 is 11.6 Å². The molecule has 1 aliphatic rings. The minimum atomic E-state index is 0.886. The maximum absolute atomic E-state index is 5.40. The predicted octanol–water partition coefficient (Wildman–Crippen LogP) is 3.22. The minimum Gasteiger partial charge on any atom is -0.313 e. The Hall–Kier alpha value is -0.270. The Bertz CT molecular complexity index is 185. The molecule has 0 aliphatic heterocycles. The van der Waals surface area contributed by atoms with Crippen LogP contribution in [0.3, 0.4) is 0 Å². The van der Waals surface area contributed by atoms with Gasteiger partial charge in [0.1, 0.15) is 0 Å². The van der Waals surface area contributed by atoms with E-state index < -0.39 is 0 Å². The van der Waals surface area contributed by atoms with E-state index in [-0.39, 0.29) is 0 Å². The quantitative estimate of drug-likeness (QED) is 0.530. The molecule has 74 valence electrons. The average molecular weight is 200 g/mol. The lowest BCUT2D eigenvalue weighted by atomic mass is 9.97. The van der Waals surface area contributed by atoms with Gasteiger partial charge in [0.2, 0.25) is 0 Å². The summed E-state index contributed by atoms with van der Waals surface area (Å²) in [4.78, 5) is 0. The smallest absolute Gasteiger partial charge is 0.0146 e. The number of hydrogen-bond donors (Lipinski definition) is 1. The van der Waals surface area contributed by atoms with E-state index in [0.29, 0.717) is 0 Å². The number of halogens is 1. The predicted molar refractivity (Wildman–Crippen MR) is 59.0 cm³/mol. The highest BCUT2D eigenvalue weighted by Gasteiger charge is 2.01. The Morgan fingerprint density at radius 3 is 3.08 bits per heavy atom. The fraction of sp³-hybridized carbons (Fsp3) is 0.636. The summed E-state index contributed by atoms with van der Waals surface area (Å²) in [5.41, 5.74) is 3.20. The van der Waals surface area contributed by atoms with Crippen LogP contribution >= 0.6 is 11.6 Å². The van der Waals surface area contributed by atoms with Crippen LogP contribution in [0, 0.1) is 0 Å². The van der Waals surface area contributed by atoms with Crippen LogP contribution in [0.25, 0.3) is 0 Å². The van der Waals surface area contributed by atoms with Gasteiger partial charge in [0.05, 0.1) is 0 Å². The second-order valence-corrected chi connectivity index (χ2v) is 3.68. The summed E-state index contributed by atoms with van der Waals surface area (Å²) in [5, 5.41) is 3.32. The summed E-state index contributed by atoms with van der Waals surface area (Å²) in [6, 6.07) is 0. The zero-order chi connectivity index (χ0) is 9.36. The molecule has 0 fully saturated rings. The third-order valence-corrected chi connectivity index (χ3v) is 2.54. The highest BCUT2D eigenvalue weighted by Crippen LogP contribution is 2.19. The van der Waals surface area contributed by atoms with E-state index in [1.165, 1.54) is 32.1 Å². The summed E-state index contributed by atoms with van der Waals surface area (Å²) >= 11 is 5.40. The second kappa shape index (κ2) is 7.16. The van der Waals surface area contributed by atoms with E-state index in [1.807, 2.05) is 6.08 Å². The van der Waals surface area contributed by atoms with Crippen molar-refractivity contribution in [2.24, 2.45) is 0 Å². The first-order valence-electron chi connectivity index (χ1n) is 5.07. The van der Waals surface area contributed by atoms with E-state index in [1.54, 1.807) is 11.1 Å². The Labute approximate surface area is 85.9 Å². The molecule has 2 heteroatoms. The molecule has 0 aromatic carbocycles. The molecule has 1 aliphatic carbocycles. The van der Waals surface area contributed by atoms with Crippen molar-refractivity contribution in [3.05, 3.63) is 23.3 Å². The molecule has 0 saturated carbocycles. The van der Waals surface area contributed by atoms with E-state index in [4.69, 9.17) is 11.6 Å². The van der Waals surface area contributed by atoms with Crippen LogP contribution in [0.5, 0.6) is 0 Å². The number of allylic oxidation sites excluding steroid dienone is 1. The van der Waals surface area contributed by atoms with Crippen LogP contribution in [-0.4, -0.2) is 13.1 Å². The first kappa shape index (κ1) is 10.8. The molecule has 0 saturated heterocycles. The molecule has 0 spiro atoms. The van der Waals surface area contributed by atoms with Crippen molar-refractivity contribution < 1.29 is 0 Å². The van der Waals surface area contributed by atoms with Crippen LogP contribution in [-0.2, 0) is 0 Å². The van der Waals surface area contributed by atoms with Crippen molar-refractivity contribution in [1.82, 2.24) is 5.32 Å². The van der Waals surface area contributed by atoms with Crippen LogP contribution in [0.15, 0.2) is 23.3 Å². The molecule has 1 N–H and O–H groups in total. The lowest BCUT2D eigenvalue weighted by molar-refractivity contribution is 0.651. The summed E-state index contributed by atoms with van der Waals surface area (Å²) < 4.78 is 0. The van der Waals surface area contributed by atoms with Gasteiger partial charge in [0.25, 0.3) is 0 Å². The molecule has 13 heavy (non-hydrogen) atoms. The zero-order valence-electron chi connectivity index (χ0n) is 8.06. The maximum atomic E-state index is 5.40. The van der Waals surface area contributed by atoms with Gasteiger partial charge in [-0.2, -0.15) is 0 Å². The third kappa shape index (κ3) is 5.12. The van der Waals surface area contributed by atoms with Gasteiger partial charge in [-0.3, -0.25) is 0 Å². The molecule has 0 unspecified atom stereocenters. The molecule has 1 nitrogen and oxygen atoms in total. The summed E-state index contributed by atoms with van der Waals surface area (Å²) in [5.74, 6) is 0. The SMILES string of the molecule is Cl/C=C/CNCCC1=CCCCC1. The molecule has 0 heterocycles. The standard InChI is InChI=1S/C11H18ClN/c12-8-4-9-13-10-7-11-5-2-1-3-6-11/h4-5,8,13H,1-3,6-7,9-10H2/b8-4+. The first-order chi connectivity index (χ1) is 6.43. The molecule has 1 rings (SSSR count). The number of hydrogen-bond acceptors (Lipinski definition) is 1. The van der Waals surface area contributed by atoms with Gasteiger partial charge >= 0.3 is 0 Å². The monoisotopic (exact) mass is 199 g/mol. The maximum Gasteiger partial charge on any atom is 0.0146 e. The van der Waals surface area contributed by atoms with Crippen molar-refractivity contribution in [1.29, 1.82) is 0 Å². The van der Waals surface area contributed by atoms with Crippen LogP contribution in [0.4, 0.5) is 0 Å². The molecular weight excluding hydrogens is 182 g/mol. The van der Waals surface area contributed by atoms with Gasteiger partial charge in [-0.25, -0.2) is 0 Å². The largest absolute Gasteiger partial charge is 0.313 e. The van der Waals surface area contributed by atoms with E-state index >= 15 is 0 Å². The molecule has 0 aromatic heterocycles. The van der Waals surface area contributed by atoms with Gasteiger partial charge in [0, 0.05) is 12.1 Å². The second-order valence-electron chi connectivity index (χ2n) is 3.42. The van der Waals surface area contributed by atoms with Crippen molar-refractivity contribution in [2.45, 2.75) is 32.1 Å². The van der Waals surface area contributed by atoms with Gasteiger partial charge in [-0.05, 0) is 38.6 Å². The number of rotatable bonds is 5. The van der Waals surface area contributed by atoms with Gasteiger partial charge in [0.15, 0.2) is 0 Å². The highest BCUT2D eigenvalue weighted by atomic mass is 35.5. The topological polar surface area (TPSA) is 12.0 Å². The van der Waals surface area contributed by atoms with E-state index in [2.05, 4.69) is 11.4 Å². The summed E-state index contributed by atoms with van der Waals surface area (Å²) in [6.07, 6.45) is 10.9. The Balaban J connectivity index is 2.01. The fourth-order valence-corrected chi connectivity index (χ4v) is 1.70. The van der Waals surface area contributed by atoms with Crippen molar-refractivity contribution in [3.63, 3.8) is 0 Å². The van der Waals surface area contributed by atoms with E-state index in [9.17, 15) is 0 Å². The fourth-order valence-electron chi connectivity index (χ4n) is 1.61. The number of nitrogens with one attached hydrogen (secondary N) is 1. The molecule has 0 bridgehead atoms. The van der Waals surface area contributed by atoms with Gasteiger partial charge in [-0.15, -0.1) is 0 Å². The normalized spacial score (nSPS) is 17.8. The molecular formula is C11H18ClN. The highest BCUT2D eigenvalue weighted by molar-refractivity contribution is 6.25. The minimum absolute atomic E-state index is 0.886.